The number of ether oxygens (including phenoxy) is 2. The van der Waals surface area contributed by atoms with Crippen LogP contribution in [-0.4, -0.2) is 75.6 Å². The molecule has 0 saturated carbocycles. The van der Waals surface area contributed by atoms with Gasteiger partial charge in [-0.05, 0) is 64.2 Å². The van der Waals surface area contributed by atoms with Crippen molar-refractivity contribution in [3.8, 4) is 0 Å². The van der Waals surface area contributed by atoms with Crippen LogP contribution in [0.4, 0.5) is 0 Å². The first-order valence-corrected chi connectivity index (χ1v) is 23.8. The number of carbonyl (C=O) groups is 1. The van der Waals surface area contributed by atoms with Crippen molar-refractivity contribution < 1.29 is 37.3 Å². The van der Waals surface area contributed by atoms with Gasteiger partial charge in [0.05, 0.1) is 34.4 Å². The van der Waals surface area contributed by atoms with E-state index in [1.165, 1.54) is 64.2 Å². The van der Waals surface area contributed by atoms with Crippen LogP contribution in [0, 0.1) is 0 Å². The van der Waals surface area contributed by atoms with Gasteiger partial charge in [-0.25, -0.2) is 4.57 Å². The van der Waals surface area contributed by atoms with E-state index in [0.717, 1.165) is 64.2 Å². The molecule has 0 radical (unpaired) electrons. The molecule has 0 aromatic rings. The molecule has 0 amide bonds. The summed E-state index contributed by atoms with van der Waals surface area (Å²) in [6, 6.07) is 0. The normalized spacial score (nSPS) is 14.6. The molecule has 1 N–H and O–H groups in total. The minimum atomic E-state index is -4.29. The molecular formula is C48H85NO7P+. The number of esters is 1. The van der Waals surface area contributed by atoms with Crippen LogP contribution in [0.25, 0.3) is 0 Å². The average molecular weight is 819 g/mol. The van der Waals surface area contributed by atoms with E-state index >= 15 is 0 Å². The third-order valence-corrected chi connectivity index (χ3v) is 9.96. The lowest BCUT2D eigenvalue weighted by Crippen LogP contribution is -2.37. The van der Waals surface area contributed by atoms with Gasteiger partial charge < -0.3 is 18.9 Å². The number of phosphoric acid groups is 1. The van der Waals surface area contributed by atoms with Gasteiger partial charge in [-0.2, -0.15) is 0 Å². The van der Waals surface area contributed by atoms with Crippen LogP contribution < -0.4 is 0 Å². The molecule has 0 aliphatic carbocycles. The quantitative estimate of drug-likeness (QED) is 0.0216. The first-order valence-electron chi connectivity index (χ1n) is 22.3. The fourth-order valence-corrected chi connectivity index (χ4v) is 6.28. The molecule has 0 aromatic carbocycles. The molecular weight excluding hydrogens is 734 g/mol. The summed E-state index contributed by atoms with van der Waals surface area (Å²) >= 11 is 0. The van der Waals surface area contributed by atoms with Crippen LogP contribution in [-0.2, 0) is 27.9 Å². The zero-order valence-electron chi connectivity index (χ0n) is 37.0. The molecule has 0 spiro atoms. The Balaban J connectivity index is 4.34. The molecule has 0 bridgehead atoms. The van der Waals surface area contributed by atoms with Crippen LogP contribution >= 0.6 is 7.82 Å². The maximum absolute atomic E-state index is 12.7. The van der Waals surface area contributed by atoms with Crippen LogP contribution in [0.5, 0.6) is 0 Å². The first-order chi connectivity index (χ1) is 27.6. The summed E-state index contributed by atoms with van der Waals surface area (Å²) in [6.07, 6.45) is 53.4. The number of quaternary nitrogens is 1. The van der Waals surface area contributed by atoms with Gasteiger partial charge in [-0.1, -0.05) is 170 Å². The first kappa shape index (κ1) is 54.7. The summed E-state index contributed by atoms with van der Waals surface area (Å²) in [5, 5.41) is 0. The highest BCUT2D eigenvalue weighted by Gasteiger charge is 2.26. The lowest BCUT2D eigenvalue weighted by Gasteiger charge is -2.24. The van der Waals surface area contributed by atoms with Gasteiger partial charge in [-0.3, -0.25) is 13.8 Å². The summed E-state index contributed by atoms with van der Waals surface area (Å²) < 4.78 is 34.9. The number of carbonyl (C=O) groups excluding carboxylic acids is 1. The Kier molecular flexibility index (Phi) is 38.8. The molecule has 8 nitrogen and oxygen atoms in total. The number of phosphoric ester groups is 1. The average Bonchev–Trinajstić information content (AvgIpc) is 3.16. The topological polar surface area (TPSA) is 91.3 Å². The second-order valence-corrected chi connectivity index (χ2v) is 17.2. The Hall–Kier alpha value is -2.32. The Morgan fingerprint density at radius 3 is 1.46 bits per heavy atom. The molecule has 0 fully saturated rings. The molecule has 57 heavy (non-hydrogen) atoms. The minimum Gasteiger partial charge on any atom is -0.457 e. The van der Waals surface area contributed by atoms with Gasteiger partial charge in [0, 0.05) is 13.0 Å². The minimum absolute atomic E-state index is 0.0742. The number of likely N-dealkylation sites (N-methyl/N-ethyl adjacent to an activating group) is 1. The number of rotatable bonds is 40. The Morgan fingerprint density at radius 1 is 0.561 bits per heavy atom. The van der Waals surface area contributed by atoms with Crippen LogP contribution in [0.15, 0.2) is 85.1 Å². The van der Waals surface area contributed by atoms with Crippen LogP contribution in [0.3, 0.4) is 0 Å². The van der Waals surface area contributed by atoms with E-state index in [4.69, 9.17) is 18.5 Å². The molecule has 9 heteroatoms. The van der Waals surface area contributed by atoms with Crippen molar-refractivity contribution in [3.63, 3.8) is 0 Å². The molecule has 0 rings (SSSR count). The highest BCUT2D eigenvalue weighted by atomic mass is 31.2. The SMILES string of the molecule is CC/C=C\C/C=C\C/C=C\C/C=C\C/C=C\C/C=C\C/C=C\CCCC(=O)OC(COCCCCCCCCCCCCCC)COP(=O)(O)OCC[N+](C)(C)C. The van der Waals surface area contributed by atoms with Gasteiger partial charge in [-0.15, -0.1) is 0 Å². The lowest BCUT2D eigenvalue weighted by atomic mass is 10.1. The highest BCUT2D eigenvalue weighted by Crippen LogP contribution is 2.43. The summed E-state index contributed by atoms with van der Waals surface area (Å²) in [5.41, 5.74) is 0. The summed E-state index contributed by atoms with van der Waals surface area (Å²) in [4.78, 5) is 22.9. The van der Waals surface area contributed by atoms with E-state index in [9.17, 15) is 14.3 Å². The summed E-state index contributed by atoms with van der Waals surface area (Å²) in [7, 11) is 1.62. The molecule has 2 atom stereocenters. The number of hydrogen-bond acceptors (Lipinski definition) is 6. The van der Waals surface area contributed by atoms with Gasteiger partial charge in [0.25, 0.3) is 0 Å². The third kappa shape index (κ3) is 44.6. The van der Waals surface area contributed by atoms with E-state index in [1.807, 2.05) is 21.1 Å². The second-order valence-electron chi connectivity index (χ2n) is 15.7. The fraction of sp³-hybridized carbons (Fsp3) is 0.688. The Bertz CT molecular complexity index is 1180. The number of unbranched alkanes of at least 4 members (excludes halogenated alkanes) is 12. The van der Waals surface area contributed by atoms with Crippen molar-refractivity contribution in [1.29, 1.82) is 0 Å². The standard InChI is InChI=1S/C48H84NO7P/c1-6-8-10-12-14-16-18-20-21-22-23-24-25-26-27-28-29-30-31-33-35-37-39-41-48(50)56-47(46-55-57(51,52)54-44-42-49(3,4)5)45-53-43-40-38-36-34-32-19-17-15-13-11-9-7-2/h8,10,14,16,20-21,23-24,26-27,29-30,33,35,47H,6-7,9,11-13,15,17-19,22,25,28,31-32,34,36-46H2,1-5H3/p+1/b10-8-,16-14-,21-20-,24-23-,27-26-,30-29-,35-33-. The van der Waals surface area contributed by atoms with Crippen molar-refractivity contribution in [1.82, 2.24) is 0 Å². The van der Waals surface area contributed by atoms with Gasteiger partial charge >= 0.3 is 13.8 Å². The van der Waals surface area contributed by atoms with Crippen molar-refractivity contribution >= 4 is 13.8 Å². The molecule has 0 aromatic heterocycles. The van der Waals surface area contributed by atoms with E-state index in [1.54, 1.807) is 0 Å². The molecule has 328 valence electrons. The van der Waals surface area contributed by atoms with E-state index in [0.29, 0.717) is 24.1 Å². The Labute approximate surface area is 350 Å². The number of hydrogen-bond donors (Lipinski definition) is 1. The fourth-order valence-electron chi connectivity index (χ4n) is 5.54. The van der Waals surface area contributed by atoms with Crippen molar-refractivity contribution in [2.45, 2.75) is 161 Å². The Morgan fingerprint density at radius 2 is 1.00 bits per heavy atom. The smallest absolute Gasteiger partial charge is 0.457 e. The van der Waals surface area contributed by atoms with Crippen LogP contribution in [0.1, 0.15) is 155 Å². The second kappa shape index (κ2) is 40.5. The summed E-state index contributed by atoms with van der Waals surface area (Å²) in [5.74, 6) is -0.373. The predicted octanol–water partition coefficient (Wildman–Crippen LogP) is 13.3. The van der Waals surface area contributed by atoms with Crippen molar-refractivity contribution in [2.24, 2.45) is 0 Å². The summed E-state index contributed by atoms with van der Waals surface area (Å²) in [6.45, 7) is 5.41. The van der Waals surface area contributed by atoms with Crippen molar-refractivity contribution in [3.05, 3.63) is 85.1 Å². The van der Waals surface area contributed by atoms with Gasteiger partial charge in [0.15, 0.2) is 0 Å². The van der Waals surface area contributed by atoms with E-state index < -0.39 is 13.9 Å². The van der Waals surface area contributed by atoms with Crippen molar-refractivity contribution in [2.75, 3.05) is 54.1 Å². The van der Waals surface area contributed by atoms with Gasteiger partial charge in [0.2, 0.25) is 0 Å². The molecule has 0 aliphatic heterocycles. The number of allylic oxidation sites excluding steroid dienone is 14. The zero-order chi connectivity index (χ0) is 42.0. The zero-order valence-corrected chi connectivity index (χ0v) is 37.9. The van der Waals surface area contributed by atoms with E-state index in [-0.39, 0.29) is 32.2 Å². The maximum Gasteiger partial charge on any atom is 0.472 e. The maximum atomic E-state index is 12.7. The van der Waals surface area contributed by atoms with Gasteiger partial charge in [0.1, 0.15) is 19.3 Å². The van der Waals surface area contributed by atoms with E-state index in [2.05, 4.69) is 98.9 Å². The largest absolute Gasteiger partial charge is 0.472 e. The molecule has 0 heterocycles. The molecule has 0 saturated heterocycles. The van der Waals surface area contributed by atoms with Crippen LogP contribution in [0.2, 0.25) is 0 Å². The monoisotopic (exact) mass is 819 g/mol. The third-order valence-electron chi connectivity index (χ3n) is 8.97. The molecule has 2 unspecified atom stereocenters. The number of nitrogens with zero attached hydrogens (tertiary/aromatic N) is 1. The predicted molar refractivity (Wildman–Crippen MR) is 242 cm³/mol. The highest BCUT2D eigenvalue weighted by molar-refractivity contribution is 7.47. The lowest BCUT2D eigenvalue weighted by molar-refractivity contribution is -0.870. The molecule has 0 aliphatic rings.